The Balaban J connectivity index is 1.82. The maximum atomic E-state index is 6.03. The molecule has 2 aliphatic rings. The minimum absolute atomic E-state index is 0.203. The molecule has 0 aromatic carbocycles. The van der Waals surface area contributed by atoms with Crippen molar-refractivity contribution >= 4 is 0 Å². The molecule has 1 atom stereocenters. The van der Waals surface area contributed by atoms with Crippen LogP contribution in [0.1, 0.15) is 51.9 Å². The molecule has 0 bridgehead atoms. The third-order valence-electron chi connectivity index (χ3n) is 3.30. The molecule has 86 valence electrons. The summed E-state index contributed by atoms with van der Waals surface area (Å²) in [5.74, 6) is -0.209. The Morgan fingerprint density at radius 3 is 2.80 bits per heavy atom. The van der Waals surface area contributed by atoms with Gasteiger partial charge in [-0.3, -0.25) is 0 Å². The van der Waals surface area contributed by atoms with Crippen molar-refractivity contribution in [2.75, 3.05) is 6.61 Å². The quantitative estimate of drug-likeness (QED) is 0.664. The lowest BCUT2D eigenvalue weighted by molar-refractivity contribution is -0.182. The molecule has 1 saturated carbocycles. The number of rotatable bonds is 3. The number of hydrogen-bond donors (Lipinski definition) is 0. The fourth-order valence-corrected chi connectivity index (χ4v) is 2.44. The maximum absolute atomic E-state index is 6.03. The van der Waals surface area contributed by atoms with Gasteiger partial charge in [0.1, 0.15) is 6.10 Å². The molecular formula is C13H22O2. The van der Waals surface area contributed by atoms with Crippen LogP contribution in [0.25, 0.3) is 0 Å². The molecule has 0 N–H and O–H groups in total. The van der Waals surface area contributed by atoms with Crippen LogP contribution in [0.3, 0.4) is 0 Å². The molecule has 2 rings (SSSR count). The van der Waals surface area contributed by atoms with E-state index in [-0.39, 0.29) is 11.9 Å². The molecule has 2 nitrogen and oxygen atoms in total. The monoisotopic (exact) mass is 210 g/mol. The molecule has 15 heavy (non-hydrogen) atoms. The fraction of sp³-hybridized carbons (Fsp3) is 0.846. The van der Waals surface area contributed by atoms with Crippen LogP contribution in [0.15, 0.2) is 12.2 Å². The summed E-state index contributed by atoms with van der Waals surface area (Å²) < 4.78 is 11.9. The molecule has 0 amide bonds. The van der Waals surface area contributed by atoms with E-state index >= 15 is 0 Å². The topological polar surface area (TPSA) is 18.5 Å². The Hall–Kier alpha value is -0.340. The number of unbranched alkanes of at least 4 members (excludes halogenated alkanes) is 1. The van der Waals surface area contributed by atoms with Gasteiger partial charge in [0, 0.05) is 12.8 Å². The molecule has 0 aromatic rings. The van der Waals surface area contributed by atoms with E-state index in [0.29, 0.717) is 0 Å². The van der Waals surface area contributed by atoms with Gasteiger partial charge in [0.25, 0.3) is 0 Å². The molecule has 1 saturated heterocycles. The zero-order valence-corrected chi connectivity index (χ0v) is 9.71. The van der Waals surface area contributed by atoms with Gasteiger partial charge in [-0.25, -0.2) is 0 Å². The lowest BCUT2D eigenvalue weighted by atomic mass is 9.94. The summed E-state index contributed by atoms with van der Waals surface area (Å²) in [4.78, 5) is 0. The average Bonchev–Trinajstić information content (AvgIpc) is 2.63. The highest BCUT2D eigenvalue weighted by Crippen LogP contribution is 2.37. The van der Waals surface area contributed by atoms with E-state index in [1.165, 1.54) is 25.7 Å². The van der Waals surface area contributed by atoms with Crippen LogP contribution in [-0.2, 0) is 9.47 Å². The van der Waals surface area contributed by atoms with Crippen LogP contribution in [-0.4, -0.2) is 18.5 Å². The third-order valence-corrected chi connectivity index (χ3v) is 3.30. The van der Waals surface area contributed by atoms with Crippen molar-refractivity contribution in [1.82, 2.24) is 0 Å². The highest BCUT2D eigenvalue weighted by atomic mass is 16.7. The number of hydrogen-bond acceptors (Lipinski definition) is 2. The molecule has 2 heteroatoms. The fourth-order valence-electron chi connectivity index (χ4n) is 2.44. The summed E-state index contributed by atoms with van der Waals surface area (Å²) in [5, 5.41) is 0. The van der Waals surface area contributed by atoms with Gasteiger partial charge in [0.15, 0.2) is 5.79 Å². The summed E-state index contributed by atoms with van der Waals surface area (Å²) in [6, 6.07) is 0. The lowest BCUT2D eigenvalue weighted by Gasteiger charge is -2.31. The van der Waals surface area contributed by atoms with E-state index in [2.05, 4.69) is 19.1 Å². The van der Waals surface area contributed by atoms with Crippen LogP contribution < -0.4 is 0 Å². The summed E-state index contributed by atoms with van der Waals surface area (Å²) in [5.41, 5.74) is 0. The SMILES string of the molecule is CCC/C=C\[C@H]1COC2(CCCCC2)O1. The van der Waals surface area contributed by atoms with Crippen LogP contribution in [0.5, 0.6) is 0 Å². The van der Waals surface area contributed by atoms with E-state index in [0.717, 1.165) is 25.9 Å². The van der Waals surface area contributed by atoms with E-state index in [1.807, 2.05) is 0 Å². The van der Waals surface area contributed by atoms with E-state index in [1.54, 1.807) is 0 Å². The van der Waals surface area contributed by atoms with Gasteiger partial charge in [0.2, 0.25) is 0 Å². The van der Waals surface area contributed by atoms with Crippen molar-refractivity contribution in [3.63, 3.8) is 0 Å². The first kappa shape index (κ1) is 11.2. The predicted octanol–water partition coefficient (Wildman–Crippen LogP) is 3.42. The maximum Gasteiger partial charge on any atom is 0.169 e. The molecule has 2 fully saturated rings. The molecule has 1 aliphatic carbocycles. The number of ether oxygens (including phenoxy) is 2. The predicted molar refractivity (Wildman–Crippen MR) is 60.7 cm³/mol. The zero-order chi connectivity index (χ0) is 10.6. The van der Waals surface area contributed by atoms with Crippen molar-refractivity contribution in [2.24, 2.45) is 0 Å². The normalized spacial score (nSPS) is 30.3. The van der Waals surface area contributed by atoms with Gasteiger partial charge >= 0.3 is 0 Å². The van der Waals surface area contributed by atoms with E-state index in [4.69, 9.17) is 9.47 Å². The van der Waals surface area contributed by atoms with E-state index in [9.17, 15) is 0 Å². The Kier molecular flexibility index (Phi) is 3.81. The first-order valence-electron chi connectivity index (χ1n) is 6.33. The molecule has 0 radical (unpaired) electrons. The molecule has 1 heterocycles. The van der Waals surface area contributed by atoms with Crippen LogP contribution in [0.2, 0.25) is 0 Å². The number of allylic oxidation sites excluding steroid dienone is 1. The standard InChI is InChI=1S/C13H22O2/c1-2-3-5-8-12-11-14-13(15-12)9-6-4-7-10-13/h5,8,12H,2-4,6-7,9-11H2,1H3/b8-5-/t12-/m0/s1. The smallest absolute Gasteiger partial charge is 0.169 e. The van der Waals surface area contributed by atoms with Crippen LogP contribution in [0, 0.1) is 0 Å². The van der Waals surface area contributed by atoms with Gasteiger partial charge in [-0.1, -0.05) is 31.9 Å². The molecular weight excluding hydrogens is 188 g/mol. The van der Waals surface area contributed by atoms with Crippen molar-refractivity contribution < 1.29 is 9.47 Å². The molecule has 1 spiro atoms. The van der Waals surface area contributed by atoms with Gasteiger partial charge in [-0.2, -0.15) is 0 Å². The van der Waals surface area contributed by atoms with Crippen molar-refractivity contribution in [2.45, 2.75) is 63.8 Å². The Bertz CT molecular complexity index is 217. The van der Waals surface area contributed by atoms with Gasteiger partial charge in [0.05, 0.1) is 6.61 Å². The first-order chi connectivity index (χ1) is 7.35. The summed E-state index contributed by atoms with van der Waals surface area (Å²) in [7, 11) is 0. The van der Waals surface area contributed by atoms with Crippen molar-refractivity contribution in [1.29, 1.82) is 0 Å². The van der Waals surface area contributed by atoms with Crippen LogP contribution >= 0.6 is 0 Å². The summed E-state index contributed by atoms with van der Waals surface area (Å²) in [6.45, 7) is 2.94. The minimum Gasteiger partial charge on any atom is -0.347 e. The van der Waals surface area contributed by atoms with Crippen molar-refractivity contribution in [3.05, 3.63) is 12.2 Å². The zero-order valence-electron chi connectivity index (χ0n) is 9.71. The van der Waals surface area contributed by atoms with Gasteiger partial charge in [-0.15, -0.1) is 0 Å². The Labute approximate surface area is 92.6 Å². The molecule has 1 aliphatic heterocycles. The Morgan fingerprint density at radius 1 is 1.27 bits per heavy atom. The average molecular weight is 210 g/mol. The second-order valence-corrected chi connectivity index (χ2v) is 4.66. The van der Waals surface area contributed by atoms with Gasteiger partial charge in [-0.05, 0) is 19.3 Å². The third kappa shape index (κ3) is 2.82. The van der Waals surface area contributed by atoms with Crippen molar-refractivity contribution in [3.8, 4) is 0 Å². The van der Waals surface area contributed by atoms with Gasteiger partial charge < -0.3 is 9.47 Å². The second-order valence-electron chi connectivity index (χ2n) is 4.66. The summed E-state index contributed by atoms with van der Waals surface area (Å²) >= 11 is 0. The minimum atomic E-state index is -0.209. The highest BCUT2D eigenvalue weighted by molar-refractivity contribution is 4.95. The lowest BCUT2D eigenvalue weighted by Crippen LogP contribution is -2.33. The second kappa shape index (κ2) is 5.13. The highest BCUT2D eigenvalue weighted by Gasteiger charge is 2.41. The molecule has 0 aromatic heterocycles. The first-order valence-corrected chi connectivity index (χ1v) is 6.33. The van der Waals surface area contributed by atoms with E-state index < -0.39 is 0 Å². The van der Waals surface area contributed by atoms with Crippen LogP contribution in [0.4, 0.5) is 0 Å². The molecule has 0 unspecified atom stereocenters. The largest absolute Gasteiger partial charge is 0.347 e. The summed E-state index contributed by atoms with van der Waals surface area (Å²) in [6.07, 6.45) is 13.0. The Morgan fingerprint density at radius 2 is 2.07 bits per heavy atom.